The van der Waals surface area contributed by atoms with Crippen molar-refractivity contribution in [3.05, 3.63) is 35.7 Å². The number of aromatic hydroxyl groups is 1. The lowest BCUT2D eigenvalue weighted by Gasteiger charge is -1.97. The van der Waals surface area contributed by atoms with E-state index in [1.807, 2.05) is 6.07 Å². The van der Waals surface area contributed by atoms with E-state index in [0.29, 0.717) is 12.2 Å². The summed E-state index contributed by atoms with van der Waals surface area (Å²) < 4.78 is 0. The van der Waals surface area contributed by atoms with Crippen molar-refractivity contribution in [2.24, 2.45) is 0 Å². The van der Waals surface area contributed by atoms with E-state index < -0.39 is 0 Å². The summed E-state index contributed by atoms with van der Waals surface area (Å²) in [6.07, 6.45) is 0.582. The Bertz CT molecular complexity index is 438. The van der Waals surface area contributed by atoms with Gasteiger partial charge in [-0.25, -0.2) is 0 Å². The normalized spacial score (nSPS) is 10.3. The highest BCUT2D eigenvalue weighted by molar-refractivity contribution is 5.29. The zero-order chi connectivity index (χ0) is 9.97. The van der Waals surface area contributed by atoms with Crippen LogP contribution in [0.25, 0.3) is 0 Å². The van der Waals surface area contributed by atoms with Crippen LogP contribution in [0.4, 0.5) is 5.95 Å². The van der Waals surface area contributed by atoms with Crippen LogP contribution in [0, 0.1) is 0 Å². The fraction of sp³-hybridized carbons (Fsp3) is 0.111. The molecule has 72 valence electrons. The van der Waals surface area contributed by atoms with E-state index in [1.54, 1.807) is 18.2 Å². The third kappa shape index (κ3) is 1.82. The van der Waals surface area contributed by atoms with Crippen LogP contribution in [0.15, 0.2) is 24.3 Å². The van der Waals surface area contributed by atoms with Crippen molar-refractivity contribution in [1.82, 2.24) is 15.2 Å². The van der Waals surface area contributed by atoms with E-state index in [-0.39, 0.29) is 11.7 Å². The quantitative estimate of drug-likeness (QED) is 0.649. The molecule has 1 aromatic heterocycles. The summed E-state index contributed by atoms with van der Waals surface area (Å²) in [5.74, 6) is 1.17. The third-order valence-corrected chi connectivity index (χ3v) is 1.83. The lowest BCUT2D eigenvalue weighted by molar-refractivity contribution is 0.474. The molecule has 5 nitrogen and oxygen atoms in total. The average Bonchev–Trinajstić information content (AvgIpc) is 2.51. The Balaban J connectivity index is 2.18. The van der Waals surface area contributed by atoms with Crippen LogP contribution in [0.1, 0.15) is 11.4 Å². The Hall–Kier alpha value is -2.04. The molecule has 0 radical (unpaired) electrons. The van der Waals surface area contributed by atoms with Gasteiger partial charge < -0.3 is 10.8 Å². The van der Waals surface area contributed by atoms with Crippen LogP contribution in [0.3, 0.4) is 0 Å². The lowest BCUT2D eigenvalue weighted by Crippen LogP contribution is -1.91. The van der Waals surface area contributed by atoms with Crippen molar-refractivity contribution >= 4 is 5.95 Å². The van der Waals surface area contributed by atoms with E-state index in [4.69, 9.17) is 5.73 Å². The van der Waals surface area contributed by atoms with Crippen LogP contribution in [-0.4, -0.2) is 20.3 Å². The molecular weight excluding hydrogens is 180 g/mol. The molecule has 0 aliphatic heterocycles. The SMILES string of the molecule is Nc1n[nH]c(Cc2cccc(O)c2)n1. The first-order valence-electron chi connectivity index (χ1n) is 4.19. The van der Waals surface area contributed by atoms with Gasteiger partial charge in [0.2, 0.25) is 5.95 Å². The summed E-state index contributed by atoms with van der Waals surface area (Å²) in [7, 11) is 0. The second-order valence-corrected chi connectivity index (χ2v) is 2.99. The fourth-order valence-electron chi connectivity index (χ4n) is 1.25. The highest BCUT2D eigenvalue weighted by Crippen LogP contribution is 2.13. The molecule has 0 spiro atoms. The molecule has 1 heterocycles. The van der Waals surface area contributed by atoms with Gasteiger partial charge >= 0.3 is 0 Å². The number of phenols is 1. The van der Waals surface area contributed by atoms with Gasteiger partial charge in [-0.05, 0) is 17.7 Å². The summed E-state index contributed by atoms with van der Waals surface area (Å²) in [6, 6.07) is 6.99. The van der Waals surface area contributed by atoms with Crippen LogP contribution in [0.2, 0.25) is 0 Å². The standard InChI is InChI=1S/C9H10N4O/c10-9-11-8(12-13-9)5-6-2-1-3-7(14)4-6/h1-4,14H,5H2,(H3,10,11,12,13). The molecule has 0 amide bonds. The molecule has 2 aromatic rings. The van der Waals surface area contributed by atoms with Gasteiger partial charge in [-0.15, -0.1) is 5.10 Å². The van der Waals surface area contributed by atoms with E-state index in [9.17, 15) is 5.11 Å². The maximum Gasteiger partial charge on any atom is 0.239 e. The van der Waals surface area contributed by atoms with Gasteiger partial charge in [0.1, 0.15) is 11.6 Å². The van der Waals surface area contributed by atoms with E-state index in [0.717, 1.165) is 5.56 Å². The smallest absolute Gasteiger partial charge is 0.239 e. The Morgan fingerprint density at radius 1 is 1.43 bits per heavy atom. The first kappa shape index (κ1) is 8.55. The van der Waals surface area contributed by atoms with Crippen LogP contribution in [0.5, 0.6) is 5.75 Å². The molecule has 4 N–H and O–H groups in total. The molecule has 0 fully saturated rings. The van der Waals surface area contributed by atoms with Gasteiger partial charge in [0.05, 0.1) is 0 Å². The lowest BCUT2D eigenvalue weighted by atomic mass is 10.1. The van der Waals surface area contributed by atoms with Gasteiger partial charge in [-0.2, -0.15) is 4.98 Å². The third-order valence-electron chi connectivity index (χ3n) is 1.83. The summed E-state index contributed by atoms with van der Waals surface area (Å²) in [5, 5.41) is 15.6. The number of rotatable bonds is 2. The maximum atomic E-state index is 9.23. The number of nitrogen functional groups attached to an aromatic ring is 1. The van der Waals surface area contributed by atoms with Crippen molar-refractivity contribution in [2.75, 3.05) is 5.73 Å². The first-order valence-corrected chi connectivity index (χ1v) is 4.19. The number of nitrogens with one attached hydrogen (secondary N) is 1. The fourth-order valence-corrected chi connectivity index (χ4v) is 1.25. The minimum absolute atomic E-state index is 0.236. The van der Waals surface area contributed by atoms with Crippen molar-refractivity contribution in [2.45, 2.75) is 6.42 Å². The number of aromatic nitrogens is 3. The second kappa shape index (κ2) is 3.37. The molecule has 0 aliphatic rings. The van der Waals surface area contributed by atoms with Gasteiger partial charge in [-0.3, -0.25) is 5.10 Å². The summed E-state index contributed by atoms with van der Waals surface area (Å²) in [5.41, 5.74) is 6.32. The van der Waals surface area contributed by atoms with Crippen molar-refractivity contribution in [3.8, 4) is 5.75 Å². The molecule has 5 heteroatoms. The minimum Gasteiger partial charge on any atom is -0.508 e. The van der Waals surface area contributed by atoms with E-state index in [1.165, 1.54) is 0 Å². The van der Waals surface area contributed by atoms with Crippen LogP contribution in [-0.2, 0) is 6.42 Å². The highest BCUT2D eigenvalue weighted by Gasteiger charge is 2.01. The molecule has 0 saturated carbocycles. The van der Waals surface area contributed by atoms with Gasteiger partial charge in [0.25, 0.3) is 0 Å². The van der Waals surface area contributed by atoms with Gasteiger partial charge in [-0.1, -0.05) is 12.1 Å². The predicted octanol–water partition coefficient (Wildman–Crippen LogP) is 0.683. The number of anilines is 1. The molecule has 0 aliphatic carbocycles. The van der Waals surface area contributed by atoms with E-state index in [2.05, 4.69) is 15.2 Å². The first-order chi connectivity index (χ1) is 6.74. The topological polar surface area (TPSA) is 87.8 Å². The molecule has 0 unspecified atom stereocenters. The maximum absolute atomic E-state index is 9.23. The zero-order valence-corrected chi connectivity index (χ0v) is 7.44. The van der Waals surface area contributed by atoms with Gasteiger partial charge in [0.15, 0.2) is 0 Å². The highest BCUT2D eigenvalue weighted by atomic mass is 16.3. The summed E-state index contributed by atoms with van der Waals surface area (Å²) >= 11 is 0. The molecule has 2 rings (SSSR count). The number of aromatic amines is 1. The predicted molar refractivity (Wildman–Crippen MR) is 51.7 cm³/mol. The van der Waals surface area contributed by atoms with Gasteiger partial charge in [0, 0.05) is 6.42 Å². The number of hydrogen-bond donors (Lipinski definition) is 3. The molecule has 0 saturated heterocycles. The van der Waals surface area contributed by atoms with Crippen molar-refractivity contribution in [3.63, 3.8) is 0 Å². The Kier molecular flexibility index (Phi) is 2.06. The second-order valence-electron chi connectivity index (χ2n) is 2.99. The Morgan fingerprint density at radius 2 is 2.29 bits per heavy atom. The molecular formula is C9H10N4O. The minimum atomic E-state index is 0.236. The van der Waals surface area contributed by atoms with Crippen molar-refractivity contribution in [1.29, 1.82) is 0 Å². The average molecular weight is 190 g/mol. The Labute approximate surface area is 80.6 Å². The number of nitrogens with zero attached hydrogens (tertiary/aromatic N) is 2. The zero-order valence-electron chi connectivity index (χ0n) is 7.44. The molecule has 14 heavy (non-hydrogen) atoms. The van der Waals surface area contributed by atoms with Crippen LogP contribution < -0.4 is 5.73 Å². The molecule has 1 aromatic carbocycles. The monoisotopic (exact) mass is 190 g/mol. The summed E-state index contributed by atoms with van der Waals surface area (Å²) in [4.78, 5) is 3.97. The molecule has 0 bridgehead atoms. The number of H-pyrrole nitrogens is 1. The van der Waals surface area contributed by atoms with E-state index >= 15 is 0 Å². The van der Waals surface area contributed by atoms with Crippen LogP contribution >= 0.6 is 0 Å². The summed E-state index contributed by atoms with van der Waals surface area (Å²) in [6.45, 7) is 0. The Morgan fingerprint density at radius 3 is 2.93 bits per heavy atom. The number of nitrogens with two attached hydrogens (primary N) is 1. The number of phenolic OH excluding ortho intramolecular Hbond substituents is 1. The molecule has 0 atom stereocenters. The van der Waals surface area contributed by atoms with Crippen molar-refractivity contribution < 1.29 is 5.11 Å². The number of benzene rings is 1. The largest absolute Gasteiger partial charge is 0.508 e. The number of hydrogen-bond acceptors (Lipinski definition) is 4.